The first kappa shape index (κ1) is 18.5. The zero-order valence-corrected chi connectivity index (χ0v) is 14.1. The van der Waals surface area contributed by atoms with Crippen LogP contribution in [0.25, 0.3) is 0 Å². The Kier molecular flexibility index (Phi) is 11.6. The van der Waals surface area contributed by atoms with Gasteiger partial charge < -0.3 is 10.2 Å². The summed E-state index contributed by atoms with van der Waals surface area (Å²) < 4.78 is 0.998. The number of nitrogens with zero attached hydrogens (tertiary/aromatic N) is 1. The van der Waals surface area contributed by atoms with Crippen molar-refractivity contribution in [2.75, 3.05) is 26.4 Å². The van der Waals surface area contributed by atoms with Gasteiger partial charge in [0.05, 0.1) is 0 Å². The highest BCUT2D eigenvalue weighted by Crippen LogP contribution is 2.18. The van der Waals surface area contributed by atoms with Crippen LogP contribution in [0.15, 0.2) is 0 Å². The maximum atomic E-state index is 5.40. The second kappa shape index (κ2) is 11.3. The van der Waals surface area contributed by atoms with Crippen molar-refractivity contribution in [3.8, 4) is 0 Å². The van der Waals surface area contributed by atoms with Crippen LogP contribution in [0.2, 0.25) is 0 Å². The molecular formula is C13H27ClN2S2. The van der Waals surface area contributed by atoms with Crippen LogP contribution in [-0.4, -0.2) is 41.7 Å². The summed E-state index contributed by atoms with van der Waals surface area (Å²) in [5, 5.41) is 3.54. The largest absolute Gasteiger partial charge is 0.368 e. The molecule has 0 saturated heterocycles. The number of thioether (sulfide) groups is 1. The fourth-order valence-electron chi connectivity index (χ4n) is 2.13. The number of rotatable bonds is 4. The molecule has 5 heteroatoms. The monoisotopic (exact) mass is 310 g/mol. The molecule has 1 fully saturated rings. The van der Waals surface area contributed by atoms with Gasteiger partial charge in [0.2, 0.25) is 0 Å². The Balaban J connectivity index is 0.00000289. The third-order valence-corrected chi connectivity index (χ3v) is 4.44. The van der Waals surface area contributed by atoms with Gasteiger partial charge in [-0.1, -0.05) is 56.1 Å². The first-order valence-electron chi connectivity index (χ1n) is 6.76. The molecule has 0 aliphatic heterocycles. The predicted molar refractivity (Wildman–Crippen MR) is 90.1 cm³/mol. The van der Waals surface area contributed by atoms with Crippen molar-refractivity contribution in [3.05, 3.63) is 0 Å². The maximum absolute atomic E-state index is 5.40. The van der Waals surface area contributed by atoms with E-state index in [0.717, 1.165) is 16.6 Å². The summed E-state index contributed by atoms with van der Waals surface area (Å²) in [6, 6.07) is 0.634. The van der Waals surface area contributed by atoms with Crippen LogP contribution in [0.4, 0.5) is 0 Å². The summed E-state index contributed by atoms with van der Waals surface area (Å²) in [5.74, 6) is 1.09. The average Bonchev–Trinajstić information content (AvgIpc) is 2.21. The fraction of sp³-hybridized carbons (Fsp3) is 0.923. The zero-order valence-electron chi connectivity index (χ0n) is 11.6. The second-order valence-electron chi connectivity index (χ2n) is 5.13. The molecule has 0 bridgehead atoms. The zero-order chi connectivity index (χ0) is 12.5. The average molecular weight is 311 g/mol. The van der Waals surface area contributed by atoms with E-state index < -0.39 is 0 Å². The molecule has 0 aromatic heterocycles. The van der Waals surface area contributed by atoms with Gasteiger partial charge in [-0.2, -0.15) is 0 Å². The van der Waals surface area contributed by atoms with Gasteiger partial charge in [0.25, 0.3) is 0 Å². The summed E-state index contributed by atoms with van der Waals surface area (Å²) >= 11 is 7.19. The molecule has 0 amide bonds. The van der Waals surface area contributed by atoms with Gasteiger partial charge in [-0.05, 0) is 26.9 Å². The lowest BCUT2D eigenvalue weighted by Crippen LogP contribution is -2.33. The Morgan fingerprint density at radius 3 is 2.28 bits per heavy atom. The van der Waals surface area contributed by atoms with Crippen molar-refractivity contribution in [1.29, 1.82) is 0 Å². The van der Waals surface area contributed by atoms with Gasteiger partial charge in [-0.25, -0.2) is 0 Å². The molecule has 1 rings (SSSR count). The molecule has 1 saturated carbocycles. The minimum absolute atomic E-state index is 0. The van der Waals surface area contributed by atoms with Crippen molar-refractivity contribution < 1.29 is 0 Å². The molecule has 0 aromatic carbocycles. The molecule has 0 heterocycles. The van der Waals surface area contributed by atoms with Crippen LogP contribution in [0.1, 0.15) is 44.9 Å². The second-order valence-corrected chi connectivity index (χ2v) is 6.90. The van der Waals surface area contributed by atoms with Crippen LogP contribution in [0.5, 0.6) is 0 Å². The summed E-state index contributed by atoms with van der Waals surface area (Å²) in [6.45, 7) is 1.09. The highest BCUT2D eigenvalue weighted by Gasteiger charge is 2.12. The van der Waals surface area contributed by atoms with Gasteiger partial charge >= 0.3 is 0 Å². The van der Waals surface area contributed by atoms with Crippen molar-refractivity contribution in [1.82, 2.24) is 10.2 Å². The number of nitrogens with one attached hydrogen (secondary N) is 1. The number of hydrogen-bond donors (Lipinski definition) is 1. The van der Waals surface area contributed by atoms with Crippen LogP contribution in [0.3, 0.4) is 0 Å². The predicted octanol–water partition coefficient (Wildman–Crippen LogP) is 3.69. The molecule has 0 radical (unpaired) electrons. The van der Waals surface area contributed by atoms with Crippen molar-refractivity contribution >= 4 is 40.7 Å². The summed E-state index contributed by atoms with van der Waals surface area (Å²) in [5.41, 5.74) is 0. The number of thiocarbonyl (C=S) groups is 1. The SMILES string of the molecule is CN(C)CCSC(=S)NC1CCCCCCC1.Cl. The molecule has 1 aliphatic rings. The van der Waals surface area contributed by atoms with E-state index in [1.807, 2.05) is 0 Å². The normalized spacial score (nSPS) is 17.7. The Morgan fingerprint density at radius 1 is 1.17 bits per heavy atom. The topological polar surface area (TPSA) is 15.3 Å². The van der Waals surface area contributed by atoms with Gasteiger partial charge in [0.15, 0.2) is 0 Å². The highest BCUT2D eigenvalue weighted by molar-refractivity contribution is 8.22. The highest BCUT2D eigenvalue weighted by atomic mass is 35.5. The van der Waals surface area contributed by atoms with Crippen molar-refractivity contribution in [3.63, 3.8) is 0 Å². The lowest BCUT2D eigenvalue weighted by Gasteiger charge is -2.22. The fourth-order valence-corrected chi connectivity index (χ4v) is 3.44. The summed E-state index contributed by atoms with van der Waals surface area (Å²) in [4.78, 5) is 2.20. The minimum Gasteiger partial charge on any atom is -0.368 e. The number of halogens is 1. The molecule has 0 atom stereocenters. The van der Waals surface area contributed by atoms with E-state index in [1.165, 1.54) is 44.9 Å². The van der Waals surface area contributed by atoms with Crippen LogP contribution >= 0.6 is 36.4 Å². The Morgan fingerprint density at radius 2 is 1.72 bits per heavy atom. The van der Waals surface area contributed by atoms with E-state index in [0.29, 0.717) is 6.04 Å². The molecule has 108 valence electrons. The molecule has 0 unspecified atom stereocenters. The quantitative estimate of drug-likeness (QED) is 0.796. The van der Waals surface area contributed by atoms with Gasteiger partial charge in [0.1, 0.15) is 4.32 Å². The number of hydrogen-bond acceptors (Lipinski definition) is 3. The molecule has 1 N–H and O–H groups in total. The Labute approximate surface area is 128 Å². The van der Waals surface area contributed by atoms with Crippen LogP contribution in [0, 0.1) is 0 Å². The summed E-state index contributed by atoms with van der Waals surface area (Å²) in [6.07, 6.45) is 9.56. The van der Waals surface area contributed by atoms with Crippen LogP contribution < -0.4 is 5.32 Å². The minimum atomic E-state index is 0. The van der Waals surface area contributed by atoms with Crippen LogP contribution in [-0.2, 0) is 0 Å². The van der Waals surface area contributed by atoms with E-state index in [1.54, 1.807) is 11.8 Å². The standard InChI is InChI=1S/C13H26N2S2.ClH/c1-15(2)10-11-17-13(16)14-12-8-6-4-3-5-7-9-12;/h12H,3-11H2,1-2H3,(H,14,16);1H. The molecule has 0 spiro atoms. The lowest BCUT2D eigenvalue weighted by molar-refractivity contribution is 0.431. The Bertz CT molecular complexity index is 217. The molecule has 2 nitrogen and oxygen atoms in total. The van der Waals surface area contributed by atoms with Crippen molar-refractivity contribution in [2.24, 2.45) is 0 Å². The third-order valence-electron chi connectivity index (χ3n) is 3.20. The van der Waals surface area contributed by atoms with E-state index in [4.69, 9.17) is 12.2 Å². The van der Waals surface area contributed by atoms with E-state index in [-0.39, 0.29) is 12.4 Å². The van der Waals surface area contributed by atoms with Gasteiger partial charge in [0, 0.05) is 18.3 Å². The summed E-state index contributed by atoms with van der Waals surface area (Å²) in [7, 11) is 4.21. The first-order chi connectivity index (χ1) is 8.18. The Hall–Kier alpha value is 0.490. The lowest BCUT2D eigenvalue weighted by atomic mass is 9.97. The van der Waals surface area contributed by atoms with E-state index >= 15 is 0 Å². The molecular weight excluding hydrogens is 284 g/mol. The maximum Gasteiger partial charge on any atom is 0.134 e. The smallest absolute Gasteiger partial charge is 0.134 e. The molecule has 1 aliphatic carbocycles. The van der Waals surface area contributed by atoms with E-state index in [9.17, 15) is 0 Å². The van der Waals surface area contributed by atoms with Gasteiger partial charge in [-0.3, -0.25) is 0 Å². The third kappa shape index (κ3) is 9.42. The molecule has 0 aromatic rings. The molecule has 18 heavy (non-hydrogen) atoms. The van der Waals surface area contributed by atoms with Gasteiger partial charge in [-0.15, -0.1) is 12.4 Å². The van der Waals surface area contributed by atoms with E-state index in [2.05, 4.69) is 24.3 Å². The first-order valence-corrected chi connectivity index (χ1v) is 8.16. The van der Waals surface area contributed by atoms with Crippen molar-refractivity contribution in [2.45, 2.75) is 51.0 Å².